The summed E-state index contributed by atoms with van der Waals surface area (Å²) in [5.74, 6) is 0.731. The van der Waals surface area contributed by atoms with E-state index < -0.39 is 0 Å². The minimum Gasteiger partial charge on any atom is -0.490 e. The summed E-state index contributed by atoms with van der Waals surface area (Å²) < 4.78 is 5.71. The van der Waals surface area contributed by atoms with Gasteiger partial charge in [-0.25, -0.2) is 0 Å². The lowest BCUT2D eigenvalue weighted by molar-refractivity contribution is -0.119. The molecule has 4 nitrogen and oxygen atoms in total. The summed E-state index contributed by atoms with van der Waals surface area (Å²) in [6.45, 7) is 13.5. The van der Waals surface area contributed by atoms with Gasteiger partial charge in [0, 0.05) is 47.8 Å². The summed E-state index contributed by atoms with van der Waals surface area (Å²) in [6.07, 6.45) is 4.32. The highest BCUT2D eigenvalue weighted by Crippen LogP contribution is 2.54. The number of Topliss-reactive ketones (excluding diaryl/α,β-unsaturated/α-hetero) is 2. The van der Waals surface area contributed by atoms with Crippen molar-refractivity contribution in [3.05, 3.63) is 101 Å². The number of hydrogen-bond acceptors (Lipinski definition) is 4. The number of rotatable bonds is 6. The van der Waals surface area contributed by atoms with Crippen LogP contribution in [0.1, 0.15) is 70.4 Å². The quantitative estimate of drug-likeness (QED) is 0.400. The molecule has 5 rings (SSSR count). The maximum absolute atomic E-state index is 13.9. The number of nitrogens with zero attached hydrogens (tertiary/aromatic N) is 1. The number of benzene rings is 2. The molecule has 0 bridgehead atoms. The van der Waals surface area contributed by atoms with E-state index in [4.69, 9.17) is 4.74 Å². The van der Waals surface area contributed by atoms with Crippen LogP contribution in [-0.2, 0) is 16.1 Å². The highest BCUT2D eigenvalue weighted by atomic mass is 16.5. The van der Waals surface area contributed by atoms with Crippen LogP contribution in [0.2, 0.25) is 0 Å². The van der Waals surface area contributed by atoms with Crippen molar-refractivity contribution in [3.63, 3.8) is 0 Å². The minimum absolute atomic E-state index is 0.135. The van der Waals surface area contributed by atoms with Crippen LogP contribution in [0, 0.1) is 10.8 Å². The number of carbonyl (C=O) groups is 2. The monoisotopic (exact) mass is 495 g/mol. The van der Waals surface area contributed by atoms with Gasteiger partial charge < -0.3 is 9.64 Å². The van der Waals surface area contributed by atoms with E-state index in [1.54, 1.807) is 6.08 Å². The van der Waals surface area contributed by atoms with Crippen molar-refractivity contribution in [3.8, 4) is 5.75 Å². The van der Waals surface area contributed by atoms with Crippen molar-refractivity contribution in [2.24, 2.45) is 10.8 Å². The Morgan fingerprint density at radius 2 is 1.38 bits per heavy atom. The van der Waals surface area contributed by atoms with Crippen LogP contribution in [0.4, 0.5) is 0 Å². The van der Waals surface area contributed by atoms with E-state index in [9.17, 15) is 9.59 Å². The lowest BCUT2D eigenvalue weighted by atomic mass is 9.63. The molecule has 4 heteroatoms. The van der Waals surface area contributed by atoms with Gasteiger partial charge in [-0.1, -0.05) is 82.8 Å². The van der Waals surface area contributed by atoms with Crippen LogP contribution in [-0.4, -0.2) is 23.1 Å². The molecule has 2 aromatic carbocycles. The molecular formula is C33H37NO3. The summed E-state index contributed by atoms with van der Waals surface area (Å²) >= 11 is 0. The lowest BCUT2D eigenvalue weighted by Crippen LogP contribution is -2.44. The average molecular weight is 496 g/mol. The third-order valence-electron chi connectivity index (χ3n) is 7.79. The number of hydrogen-bond donors (Lipinski definition) is 0. The Kier molecular flexibility index (Phi) is 6.47. The van der Waals surface area contributed by atoms with Crippen LogP contribution in [0.25, 0.3) is 0 Å². The standard InChI is InChI=1S/C33H37NO3/c1-6-16-37-24-14-12-23(13-15-24)29-30-25(17-32(2,3)19-27(30)35)34(21-22-10-8-7-9-11-22)26-18-33(4,5)20-28(36)31(26)29/h6-15,29H,1,16-21H2,2-5H3. The van der Waals surface area contributed by atoms with Gasteiger partial charge in [0.2, 0.25) is 0 Å². The van der Waals surface area contributed by atoms with Gasteiger partial charge in [0.05, 0.1) is 0 Å². The molecule has 0 aromatic heterocycles. The molecule has 37 heavy (non-hydrogen) atoms. The van der Waals surface area contributed by atoms with E-state index in [2.05, 4.69) is 63.4 Å². The normalized spacial score (nSPS) is 21.0. The molecule has 0 saturated heterocycles. The van der Waals surface area contributed by atoms with Crippen LogP contribution in [0.3, 0.4) is 0 Å². The Hall–Kier alpha value is -3.40. The zero-order chi connectivity index (χ0) is 26.4. The van der Waals surface area contributed by atoms with Crippen molar-refractivity contribution >= 4 is 11.6 Å². The molecule has 0 atom stereocenters. The smallest absolute Gasteiger partial charge is 0.162 e. The molecule has 2 aliphatic carbocycles. The van der Waals surface area contributed by atoms with Gasteiger partial charge in [0.25, 0.3) is 0 Å². The molecule has 1 aliphatic heterocycles. The van der Waals surface area contributed by atoms with E-state index in [1.165, 1.54) is 5.56 Å². The van der Waals surface area contributed by atoms with Crippen molar-refractivity contribution in [1.82, 2.24) is 4.90 Å². The van der Waals surface area contributed by atoms with Crippen LogP contribution >= 0.6 is 0 Å². The molecule has 0 amide bonds. The summed E-state index contributed by atoms with van der Waals surface area (Å²) in [6, 6.07) is 18.3. The Labute approximate surface area is 220 Å². The number of ether oxygens (including phenoxy) is 1. The largest absolute Gasteiger partial charge is 0.490 e. The van der Waals surface area contributed by atoms with E-state index in [1.807, 2.05) is 30.3 Å². The predicted molar refractivity (Wildman–Crippen MR) is 147 cm³/mol. The zero-order valence-electron chi connectivity index (χ0n) is 22.5. The molecule has 0 fully saturated rings. The lowest BCUT2D eigenvalue weighted by Gasteiger charge is -2.49. The first kappa shape index (κ1) is 25.3. The van der Waals surface area contributed by atoms with Crippen LogP contribution in [0.5, 0.6) is 5.75 Å². The average Bonchev–Trinajstić information content (AvgIpc) is 2.83. The van der Waals surface area contributed by atoms with Gasteiger partial charge in [-0.15, -0.1) is 0 Å². The fraction of sp³-hybridized carbons (Fsp3) is 0.394. The second-order valence-electron chi connectivity index (χ2n) is 12.3. The Balaban J connectivity index is 1.70. The van der Waals surface area contributed by atoms with Gasteiger partial charge >= 0.3 is 0 Å². The SMILES string of the molecule is C=CCOc1ccc(C2C3=C(CC(C)(C)CC3=O)N(Cc3ccccc3)C3=C2C(=O)CC(C)(C)C3)cc1. The van der Waals surface area contributed by atoms with Gasteiger partial charge in [-0.05, 0) is 46.9 Å². The summed E-state index contributed by atoms with van der Waals surface area (Å²) in [5, 5.41) is 0. The van der Waals surface area contributed by atoms with Crippen molar-refractivity contribution in [2.75, 3.05) is 6.61 Å². The second-order valence-corrected chi connectivity index (χ2v) is 12.3. The second kappa shape index (κ2) is 9.48. The fourth-order valence-electron chi connectivity index (χ4n) is 6.25. The first-order chi connectivity index (χ1) is 17.6. The van der Waals surface area contributed by atoms with Crippen LogP contribution < -0.4 is 4.74 Å². The van der Waals surface area contributed by atoms with Gasteiger partial charge in [-0.2, -0.15) is 0 Å². The van der Waals surface area contributed by atoms with Gasteiger partial charge in [0.15, 0.2) is 11.6 Å². The third kappa shape index (κ3) is 4.94. The molecule has 2 aromatic rings. The molecule has 0 N–H and O–H groups in total. The molecule has 192 valence electrons. The third-order valence-corrected chi connectivity index (χ3v) is 7.79. The zero-order valence-corrected chi connectivity index (χ0v) is 22.5. The molecule has 0 unspecified atom stereocenters. The maximum Gasteiger partial charge on any atom is 0.162 e. The van der Waals surface area contributed by atoms with Crippen LogP contribution in [0.15, 0.2) is 89.8 Å². The fourth-order valence-corrected chi connectivity index (χ4v) is 6.25. The Morgan fingerprint density at radius 1 is 0.838 bits per heavy atom. The predicted octanol–water partition coefficient (Wildman–Crippen LogP) is 7.14. The molecule has 0 spiro atoms. The first-order valence-corrected chi connectivity index (χ1v) is 13.3. The molecule has 3 aliphatic rings. The number of carbonyl (C=O) groups excluding carboxylic acids is 2. The highest BCUT2D eigenvalue weighted by Gasteiger charge is 2.48. The first-order valence-electron chi connectivity index (χ1n) is 13.3. The summed E-state index contributed by atoms with van der Waals surface area (Å²) in [4.78, 5) is 30.1. The summed E-state index contributed by atoms with van der Waals surface area (Å²) in [7, 11) is 0. The molecule has 1 heterocycles. The molecule has 0 saturated carbocycles. The van der Waals surface area contributed by atoms with Crippen molar-refractivity contribution in [1.29, 1.82) is 0 Å². The van der Waals surface area contributed by atoms with Gasteiger partial charge in [0.1, 0.15) is 12.4 Å². The molecular weight excluding hydrogens is 458 g/mol. The Bertz CT molecular complexity index is 1240. The highest BCUT2D eigenvalue weighted by molar-refractivity contribution is 6.06. The van der Waals surface area contributed by atoms with E-state index in [0.717, 1.165) is 46.7 Å². The molecule has 0 radical (unpaired) electrons. The Morgan fingerprint density at radius 3 is 1.89 bits per heavy atom. The van der Waals surface area contributed by atoms with Crippen molar-refractivity contribution < 1.29 is 14.3 Å². The number of allylic oxidation sites excluding steroid dienone is 4. The topological polar surface area (TPSA) is 46.6 Å². The van der Waals surface area contributed by atoms with Crippen molar-refractivity contribution in [2.45, 2.75) is 65.8 Å². The minimum atomic E-state index is -0.335. The number of ketones is 2. The van der Waals surface area contributed by atoms with E-state index >= 15 is 0 Å². The van der Waals surface area contributed by atoms with Gasteiger partial charge in [-0.3, -0.25) is 9.59 Å². The van der Waals surface area contributed by atoms with E-state index in [0.29, 0.717) is 26.0 Å². The maximum atomic E-state index is 13.9. The van der Waals surface area contributed by atoms with E-state index in [-0.39, 0.29) is 28.3 Å². The summed E-state index contributed by atoms with van der Waals surface area (Å²) in [5.41, 5.74) is 5.68.